The number of hydrogen-bond acceptors (Lipinski definition) is 5. The molecule has 8 heteroatoms. The number of aryl methyl sites for hydroxylation is 2. The first-order valence-electron chi connectivity index (χ1n) is 10.5. The maximum Gasteiger partial charge on any atom is 0.227 e. The Kier molecular flexibility index (Phi) is 6.55. The molecule has 1 aliphatic rings. The molecule has 3 aromatic rings. The number of rotatable bonds is 5. The third-order valence-corrected chi connectivity index (χ3v) is 5.85. The van der Waals surface area contributed by atoms with Gasteiger partial charge in [-0.05, 0) is 38.1 Å². The van der Waals surface area contributed by atoms with E-state index in [4.69, 9.17) is 11.6 Å². The standard InChI is InChI=1S/C24H25ClFN5O/c1-16-6-8-18(9-7-16)29-22-15-23(28-17(2)27-22)30-10-12-31(13-11-30)24(32)14-19-20(25)4-3-5-21(19)26/h3-9,15H,10-14H2,1-2H3,(H,27,28,29). The van der Waals surface area contributed by atoms with Crippen molar-refractivity contribution in [3.8, 4) is 0 Å². The van der Waals surface area contributed by atoms with Crippen LogP contribution in [0.1, 0.15) is 17.0 Å². The van der Waals surface area contributed by atoms with Gasteiger partial charge in [0.25, 0.3) is 0 Å². The Bertz CT molecular complexity index is 1090. The van der Waals surface area contributed by atoms with Gasteiger partial charge in [-0.1, -0.05) is 35.4 Å². The van der Waals surface area contributed by atoms with Gasteiger partial charge in [0, 0.05) is 48.5 Å². The first-order chi connectivity index (χ1) is 15.4. The highest BCUT2D eigenvalue weighted by molar-refractivity contribution is 6.31. The molecule has 0 unspecified atom stereocenters. The minimum Gasteiger partial charge on any atom is -0.353 e. The van der Waals surface area contributed by atoms with Crippen LogP contribution >= 0.6 is 11.6 Å². The highest BCUT2D eigenvalue weighted by Crippen LogP contribution is 2.23. The quantitative estimate of drug-likeness (QED) is 0.615. The van der Waals surface area contributed by atoms with Gasteiger partial charge in [-0.2, -0.15) is 0 Å². The van der Waals surface area contributed by atoms with E-state index in [1.165, 1.54) is 17.7 Å². The van der Waals surface area contributed by atoms with Crippen molar-refractivity contribution >= 4 is 34.8 Å². The van der Waals surface area contributed by atoms with Crippen LogP contribution in [0.3, 0.4) is 0 Å². The zero-order valence-corrected chi connectivity index (χ0v) is 18.9. The van der Waals surface area contributed by atoms with Crippen LogP contribution in [0.2, 0.25) is 5.02 Å². The van der Waals surface area contributed by atoms with Gasteiger partial charge in [0.15, 0.2) is 0 Å². The van der Waals surface area contributed by atoms with Gasteiger partial charge in [0.1, 0.15) is 23.3 Å². The Hall–Kier alpha value is -3.19. The van der Waals surface area contributed by atoms with Gasteiger partial charge in [0.2, 0.25) is 5.91 Å². The van der Waals surface area contributed by atoms with E-state index in [2.05, 4.69) is 20.2 Å². The normalized spacial score (nSPS) is 13.9. The molecular weight excluding hydrogens is 429 g/mol. The van der Waals surface area contributed by atoms with E-state index >= 15 is 0 Å². The summed E-state index contributed by atoms with van der Waals surface area (Å²) >= 11 is 6.07. The number of nitrogens with one attached hydrogen (secondary N) is 1. The predicted molar refractivity (Wildman–Crippen MR) is 125 cm³/mol. The summed E-state index contributed by atoms with van der Waals surface area (Å²) < 4.78 is 14.0. The van der Waals surface area contributed by atoms with E-state index in [0.29, 0.717) is 32.0 Å². The molecule has 1 aliphatic heterocycles. The van der Waals surface area contributed by atoms with Gasteiger partial charge in [-0.3, -0.25) is 4.79 Å². The number of nitrogens with zero attached hydrogens (tertiary/aromatic N) is 4. The lowest BCUT2D eigenvalue weighted by Gasteiger charge is -2.35. The maximum absolute atomic E-state index is 14.0. The Morgan fingerprint density at radius 1 is 1.06 bits per heavy atom. The molecule has 166 valence electrons. The van der Waals surface area contributed by atoms with Crippen molar-refractivity contribution in [2.75, 3.05) is 36.4 Å². The minimum atomic E-state index is -0.449. The Labute approximate surface area is 192 Å². The molecule has 1 amide bonds. The lowest BCUT2D eigenvalue weighted by molar-refractivity contribution is -0.130. The monoisotopic (exact) mass is 453 g/mol. The molecule has 0 saturated carbocycles. The van der Waals surface area contributed by atoms with Gasteiger partial charge in [0.05, 0.1) is 6.42 Å². The fourth-order valence-corrected chi connectivity index (χ4v) is 3.94. The number of aromatic nitrogens is 2. The molecule has 1 N–H and O–H groups in total. The van der Waals surface area contributed by atoms with Gasteiger partial charge in [-0.25, -0.2) is 14.4 Å². The van der Waals surface area contributed by atoms with Crippen molar-refractivity contribution in [1.82, 2.24) is 14.9 Å². The fourth-order valence-electron chi connectivity index (χ4n) is 3.71. The summed E-state index contributed by atoms with van der Waals surface area (Å²) in [6.45, 7) is 6.26. The first kappa shape index (κ1) is 22.0. The summed E-state index contributed by atoms with van der Waals surface area (Å²) in [6, 6.07) is 14.5. The molecule has 1 saturated heterocycles. The number of carbonyl (C=O) groups is 1. The lowest BCUT2D eigenvalue weighted by atomic mass is 10.1. The third-order valence-electron chi connectivity index (χ3n) is 5.49. The Morgan fingerprint density at radius 3 is 2.47 bits per heavy atom. The number of carbonyl (C=O) groups excluding carboxylic acids is 1. The summed E-state index contributed by atoms with van der Waals surface area (Å²) in [4.78, 5) is 25.6. The maximum atomic E-state index is 14.0. The summed E-state index contributed by atoms with van der Waals surface area (Å²) in [5.74, 6) is 1.64. The summed E-state index contributed by atoms with van der Waals surface area (Å²) in [7, 11) is 0. The predicted octanol–water partition coefficient (Wildman–Crippen LogP) is 4.52. The average molecular weight is 454 g/mol. The summed E-state index contributed by atoms with van der Waals surface area (Å²) in [6.07, 6.45) is -0.0389. The lowest BCUT2D eigenvalue weighted by Crippen LogP contribution is -2.49. The zero-order chi connectivity index (χ0) is 22.7. The highest BCUT2D eigenvalue weighted by atomic mass is 35.5. The molecule has 0 radical (unpaired) electrons. The molecule has 0 bridgehead atoms. The molecule has 1 fully saturated rings. The van der Waals surface area contributed by atoms with Crippen LogP contribution in [0, 0.1) is 19.7 Å². The number of anilines is 3. The van der Waals surface area contributed by atoms with Crippen molar-refractivity contribution in [1.29, 1.82) is 0 Å². The number of amides is 1. The van der Waals surface area contributed by atoms with Crippen LogP contribution in [-0.2, 0) is 11.2 Å². The minimum absolute atomic E-state index is 0.0389. The van der Waals surface area contributed by atoms with E-state index < -0.39 is 5.82 Å². The molecule has 2 heterocycles. The summed E-state index contributed by atoms with van der Waals surface area (Å²) in [5.41, 5.74) is 2.40. The first-order valence-corrected chi connectivity index (χ1v) is 10.9. The molecule has 1 aromatic heterocycles. The van der Waals surface area contributed by atoms with Crippen molar-refractivity contribution in [3.63, 3.8) is 0 Å². The zero-order valence-electron chi connectivity index (χ0n) is 18.1. The van der Waals surface area contributed by atoms with Gasteiger partial charge in [-0.15, -0.1) is 0 Å². The number of piperazine rings is 1. The largest absolute Gasteiger partial charge is 0.353 e. The second kappa shape index (κ2) is 9.53. The summed E-state index contributed by atoms with van der Waals surface area (Å²) in [5, 5.41) is 3.61. The van der Waals surface area contributed by atoms with E-state index in [0.717, 1.165) is 17.3 Å². The van der Waals surface area contributed by atoms with Crippen LogP contribution < -0.4 is 10.2 Å². The molecule has 2 aromatic carbocycles. The Balaban J connectivity index is 1.40. The van der Waals surface area contributed by atoms with Crippen LogP contribution in [0.15, 0.2) is 48.5 Å². The molecule has 0 atom stereocenters. The Morgan fingerprint density at radius 2 is 1.78 bits per heavy atom. The molecule has 32 heavy (non-hydrogen) atoms. The topological polar surface area (TPSA) is 61.4 Å². The van der Waals surface area contributed by atoms with E-state index in [1.807, 2.05) is 44.2 Å². The van der Waals surface area contributed by atoms with Crippen molar-refractivity contribution in [2.24, 2.45) is 0 Å². The van der Waals surface area contributed by atoms with Gasteiger partial charge < -0.3 is 15.1 Å². The van der Waals surface area contributed by atoms with Crippen molar-refractivity contribution in [2.45, 2.75) is 20.3 Å². The molecular formula is C24H25ClFN5O. The fraction of sp³-hybridized carbons (Fsp3) is 0.292. The van der Waals surface area contributed by atoms with Gasteiger partial charge >= 0.3 is 0 Å². The van der Waals surface area contributed by atoms with Crippen LogP contribution in [0.4, 0.5) is 21.7 Å². The molecule has 0 aliphatic carbocycles. The van der Waals surface area contributed by atoms with Crippen LogP contribution in [0.25, 0.3) is 0 Å². The SMILES string of the molecule is Cc1ccc(Nc2cc(N3CCN(C(=O)Cc4c(F)cccc4Cl)CC3)nc(C)n2)cc1. The second-order valence-electron chi connectivity index (χ2n) is 7.89. The number of hydrogen-bond donors (Lipinski definition) is 1. The van der Waals surface area contributed by atoms with Crippen LogP contribution in [0.5, 0.6) is 0 Å². The number of benzene rings is 2. The van der Waals surface area contributed by atoms with E-state index in [1.54, 1.807) is 11.0 Å². The number of halogens is 2. The second-order valence-corrected chi connectivity index (χ2v) is 8.30. The van der Waals surface area contributed by atoms with E-state index in [-0.39, 0.29) is 22.9 Å². The highest BCUT2D eigenvalue weighted by Gasteiger charge is 2.24. The third kappa shape index (κ3) is 5.16. The molecule has 6 nitrogen and oxygen atoms in total. The van der Waals surface area contributed by atoms with Crippen molar-refractivity contribution < 1.29 is 9.18 Å². The van der Waals surface area contributed by atoms with Crippen LogP contribution in [-0.4, -0.2) is 47.0 Å². The smallest absolute Gasteiger partial charge is 0.227 e. The van der Waals surface area contributed by atoms with Crippen molar-refractivity contribution in [3.05, 3.63) is 76.3 Å². The molecule has 4 rings (SSSR count). The average Bonchev–Trinajstić information content (AvgIpc) is 2.77. The molecule has 0 spiro atoms. The van der Waals surface area contributed by atoms with E-state index in [9.17, 15) is 9.18 Å².